The number of hydrogen-bond acceptors (Lipinski definition) is 2. The molecule has 2 N–H and O–H groups in total. The molecule has 1 aliphatic rings. The fourth-order valence-electron chi connectivity index (χ4n) is 2.92. The van der Waals surface area contributed by atoms with Crippen molar-refractivity contribution < 1.29 is 4.79 Å². The molecular weight excluding hydrogens is 272 g/mol. The molecule has 1 amide bonds. The maximum absolute atomic E-state index is 12.4. The van der Waals surface area contributed by atoms with Gasteiger partial charge < -0.3 is 10.6 Å². The third-order valence-electron chi connectivity index (χ3n) is 4.36. The minimum absolute atomic E-state index is 0.0263. The fourth-order valence-corrected chi connectivity index (χ4v) is 2.92. The van der Waals surface area contributed by atoms with Gasteiger partial charge in [-0.05, 0) is 48.7 Å². The van der Waals surface area contributed by atoms with E-state index in [1.807, 2.05) is 42.5 Å². The predicted molar refractivity (Wildman–Crippen MR) is 89.8 cm³/mol. The lowest BCUT2D eigenvalue weighted by molar-refractivity contribution is 0.0914. The summed E-state index contributed by atoms with van der Waals surface area (Å²) in [4.78, 5) is 12.4. The van der Waals surface area contributed by atoms with Crippen LogP contribution < -0.4 is 10.6 Å². The Morgan fingerprint density at radius 2 is 1.73 bits per heavy atom. The van der Waals surface area contributed by atoms with Crippen molar-refractivity contribution in [1.82, 2.24) is 10.6 Å². The molecule has 3 rings (SSSR count). The molecule has 22 heavy (non-hydrogen) atoms. The maximum atomic E-state index is 12.4. The molecule has 0 aromatic heterocycles. The molecule has 2 aromatic carbocycles. The number of rotatable bonds is 3. The van der Waals surface area contributed by atoms with Crippen LogP contribution in [0.2, 0.25) is 0 Å². The number of amides is 1. The van der Waals surface area contributed by atoms with E-state index in [9.17, 15) is 4.79 Å². The van der Waals surface area contributed by atoms with E-state index in [0.717, 1.165) is 30.6 Å². The van der Waals surface area contributed by atoms with Crippen LogP contribution in [0.25, 0.3) is 11.1 Å². The van der Waals surface area contributed by atoms with Gasteiger partial charge in [0.25, 0.3) is 5.91 Å². The second-order valence-electron chi connectivity index (χ2n) is 5.99. The second kappa shape index (κ2) is 6.75. The van der Waals surface area contributed by atoms with Crippen molar-refractivity contribution in [2.45, 2.75) is 19.4 Å². The van der Waals surface area contributed by atoms with Gasteiger partial charge in [0, 0.05) is 11.6 Å². The molecule has 0 aliphatic carbocycles. The normalized spacial score (nSPS) is 21.3. The van der Waals surface area contributed by atoms with Gasteiger partial charge in [-0.1, -0.05) is 49.4 Å². The van der Waals surface area contributed by atoms with E-state index in [0.29, 0.717) is 5.92 Å². The number of carbonyl (C=O) groups is 1. The molecule has 0 spiro atoms. The van der Waals surface area contributed by atoms with Crippen molar-refractivity contribution in [3.05, 3.63) is 60.2 Å². The number of carbonyl (C=O) groups excluding carboxylic acids is 1. The first-order valence-electron chi connectivity index (χ1n) is 7.91. The number of benzene rings is 2. The average Bonchev–Trinajstić information content (AvgIpc) is 2.58. The Morgan fingerprint density at radius 3 is 2.41 bits per heavy atom. The number of hydrogen-bond donors (Lipinski definition) is 2. The average molecular weight is 294 g/mol. The van der Waals surface area contributed by atoms with Gasteiger partial charge in [-0.25, -0.2) is 0 Å². The first-order valence-corrected chi connectivity index (χ1v) is 7.91. The zero-order chi connectivity index (χ0) is 15.4. The summed E-state index contributed by atoms with van der Waals surface area (Å²) in [5.41, 5.74) is 3.03. The van der Waals surface area contributed by atoms with Crippen LogP contribution in [0.15, 0.2) is 54.6 Å². The molecular formula is C19H22N2O. The highest BCUT2D eigenvalue weighted by molar-refractivity contribution is 5.94. The molecule has 2 aromatic rings. The van der Waals surface area contributed by atoms with Crippen LogP contribution in [0.5, 0.6) is 0 Å². The van der Waals surface area contributed by atoms with E-state index in [1.54, 1.807) is 0 Å². The van der Waals surface area contributed by atoms with Gasteiger partial charge in [-0.15, -0.1) is 0 Å². The summed E-state index contributed by atoms with van der Waals surface area (Å²) in [6, 6.07) is 18.3. The quantitative estimate of drug-likeness (QED) is 0.913. The maximum Gasteiger partial charge on any atom is 0.251 e. The lowest BCUT2D eigenvalue weighted by atomic mass is 9.95. The highest BCUT2D eigenvalue weighted by Crippen LogP contribution is 2.19. The molecule has 3 nitrogen and oxygen atoms in total. The molecule has 114 valence electrons. The molecule has 2 atom stereocenters. The Bertz CT molecular complexity index is 622. The van der Waals surface area contributed by atoms with Crippen LogP contribution in [0.3, 0.4) is 0 Å². The molecule has 1 heterocycles. The highest BCUT2D eigenvalue weighted by atomic mass is 16.1. The van der Waals surface area contributed by atoms with Crippen LogP contribution in [0.4, 0.5) is 0 Å². The van der Waals surface area contributed by atoms with Gasteiger partial charge in [0.05, 0.1) is 0 Å². The second-order valence-corrected chi connectivity index (χ2v) is 5.99. The predicted octanol–water partition coefficient (Wildman–Crippen LogP) is 3.08. The van der Waals surface area contributed by atoms with E-state index < -0.39 is 0 Å². The standard InChI is InChI=1S/C19H22N2O/c1-14-13-20-12-11-18(14)21-19(22)17-9-7-16(8-10-17)15-5-3-2-4-6-15/h2-10,14,18,20H,11-13H2,1H3,(H,21,22). The topological polar surface area (TPSA) is 41.1 Å². The zero-order valence-electron chi connectivity index (χ0n) is 12.9. The number of piperidine rings is 1. The van der Waals surface area contributed by atoms with Crippen LogP contribution in [0, 0.1) is 5.92 Å². The van der Waals surface area contributed by atoms with Gasteiger partial charge >= 0.3 is 0 Å². The van der Waals surface area contributed by atoms with Gasteiger partial charge in [0.1, 0.15) is 0 Å². The smallest absolute Gasteiger partial charge is 0.251 e. The molecule has 1 aliphatic heterocycles. The Balaban J connectivity index is 1.68. The van der Waals surface area contributed by atoms with Crippen LogP contribution in [0.1, 0.15) is 23.7 Å². The zero-order valence-corrected chi connectivity index (χ0v) is 12.9. The summed E-state index contributed by atoms with van der Waals surface area (Å²) in [5.74, 6) is 0.500. The molecule has 1 saturated heterocycles. The van der Waals surface area contributed by atoms with Crippen molar-refractivity contribution >= 4 is 5.91 Å². The van der Waals surface area contributed by atoms with Crippen molar-refractivity contribution in [3.8, 4) is 11.1 Å². The third kappa shape index (κ3) is 3.37. The van der Waals surface area contributed by atoms with E-state index >= 15 is 0 Å². The number of nitrogens with one attached hydrogen (secondary N) is 2. The Labute approximate surface area is 131 Å². The fraction of sp³-hybridized carbons (Fsp3) is 0.316. The van der Waals surface area contributed by atoms with E-state index in [-0.39, 0.29) is 11.9 Å². The first-order chi connectivity index (χ1) is 10.7. The van der Waals surface area contributed by atoms with Crippen molar-refractivity contribution in [3.63, 3.8) is 0 Å². The molecule has 0 bridgehead atoms. The Kier molecular flexibility index (Phi) is 4.54. The third-order valence-corrected chi connectivity index (χ3v) is 4.36. The summed E-state index contributed by atoms with van der Waals surface area (Å²) in [5, 5.41) is 6.52. The van der Waals surface area contributed by atoms with E-state index in [1.165, 1.54) is 5.56 Å². The highest BCUT2D eigenvalue weighted by Gasteiger charge is 2.22. The molecule has 2 unspecified atom stereocenters. The van der Waals surface area contributed by atoms with Crippen molar-refractivity contribution in [1.29, 1.82) is 0 Å². The van der Waals surface area contributed by atoms with Crippen LogP contribution in [-0.4, -0.2) is 25.0 Å². The SMILES string of the molecule is CC1CNCCC1NC(=O)c1ccc(-c2ccccc2)cc1. The first kappa shape index (κ1) is 14.8. The van der Waals surface area contributed by atoms with Gasteiger partial charge in [-0.2, -0.15) is 0 Å². The Hall–Kier alpha value is -2.13. The minimum atomic E-state index is 0.0263. The summed E-state index contributed by atoms with van der Waals surface area (Å²) in [6.45, 7) is 4.12. The molecule has 0 radical (unpaired) electrons. The summed E-state index contributed by atoms with van der Waals surface area (Å²) in [6.07, 6.45) is 0.995. The lowest BCUT2D eigenvalue weighted by Crippen LogP contribution is -2.48. The summed E-state index contributed by atoms with van der Waals surface area (Å²) < 4.78 is 0. The van der Waals surface area contributed by atoms with Gasteiger partial charge in [0.15, 0.2) is 0 Å². The van der Waals surface area contributed by atoms with Gasteiger partial charge in [0.2, 0.25) is 0 Å². The van der Waals surface area contributed by atoms with E-state index in [4.69, 9.17) is 0 Å². The monoisotopic (exact) mass is 294 g/mol. The van der Waals surface area contributed by atoms with Crippen molar-refractivity contribution in [2.24, 2.45) is 5.92 Å². The van der Waals surface area contributed by atoms with Gasteiger partial charge in [-0.3, -0.25) is 4.79 Å². The lowest BCUT2D eigenvalue weighted by Gasteiger charge is -2.30. The van der Waals surface area contributed by atoms with Crippen LogP contribution >= 0.6 is 0 Å². The largest absolute Gasteiger partial charge is 0.349 e. The van der Waals surface area contributed by atoms with Crippen molar-refractivity contribution in [2.75, 3.05) is 13.1 Å². The summed E-state index contributed by atoms with van der Waals surface area (Å²) in [7, 11) is 0. The Morgan fingerprint density at radius 1 is 1.05 bits per heavy atom. The summed E-state index contributed by atoms with van der Waals surface area (Å²) >= 11 is 0. The molecule has 0 saturated carbocycles. The van der Waals surface area contributed by atoms with E-state index in [2.05, 4.69) is 29.7 Å². The molecule has 1 fully saturated rings. The molecule has 3 heteroatoms. The van der Waals surface area contributed by atoms with Crippen LogP contribution in [-0.2, 0) is 0 Å². The minimum Gasteiger partial charge on any atom is -0.349 e.